The Morgan fingerprint density at radius 3 is 2.19 bits per heavy atom. The van der Waals surface area contributed by atoms with Crippen molar-refractivity contribution in [3.05, 3.63) is 64.6 Å². The Morgan fingerprint density at radius 1 is 0.938 bits per heavy atom. The second-order valence-corrected chi connectivity index (χ2v) is 4.29. The van der Waals surface area contributed by atoms with E-state index in [1.807, 2.05) is 54.6 Å². The summed E-state index contributed by atoms with van der Waals surface area (Å²) in [7, 11) is 0. The van der Waals surface area contributed by atoms with Crippen LogP contribution in [0.2, 0.25) is 0 Å². The van der Waals surface area contributed by atoms with Crippen LogP contribution in [-0.4, -0.2) is 5.84 Å². The summed E-state index contributed by atoms with van der Waals surface area (Å²) in [5.41, 5.74) is 1.79. The number of rotatable bonds is 2. The van der Waals surface area contributed by atoms with Crippen molar-refractivity contribution in [2.24, 2.45) is 0 Å². The molecule has 0 saturated carbocycles. The van der Waals surface area contributed by atoms with Gasteiger partial charge in [0.1, 0.15) is 5.84 Å². The van der Waals surface area contributed by atoms with Gasteiger partial charge < -0.3 is 5.32 Å². The van der Waals surface area contributed by atoms with E-state index in [-0.39, 0.29) is 0 Å². The number of hydrogen-bond donors (Lipinski definition) is 2. The predicted molar refractivity (Wildman–Crippen MR) is 71.0 cm³/mol. The highest BCUT2D eigenvalue weighted by molar-refractivity contribution is 9.10. The van der Waals surface area contributed by atoms with Crippen LogP contribution in [0.4, 0.5) is 5.69 Å². The summed E-state index contributed by atoms with van der Waals surface area (Å²) in [6.45, 7) is 0. The molecule has 2 N–H and O–H groups in total. The molecule has 0 bridgehead atoms. The van der Waals surface area contributed by atoms with Gasteiger partial charge in [0.15, 0.2) is 0 Å². The van der Waals surface area contributed by atoms with E-state index in [1.165, 1.54) is 0 Å². The topological polar surface area (TPSA) is 35.9 Å². The highest BCUT2D eigenvalue weighted by atomic mass is 79.9. The molecule has 2 nitrogen and oxygen atoms in total. The molecule has 0 aromatic heterocycles. The first-order valence-electron chi connectivity index (χ1n) is 4.92. The summed E-state index contributed by atoms with van der Waals surface area (Å²) in [5.74, 6) is 0.402. The molecule has 0 unspecified atom stereocenters. The lowest BCUT2D eigenvalue weighted by molar-refractivity contribution is 1.44. The van der Waals surface area contributed by atoms with E-state index in [2.05, 4.69) is 21.2 Å². The minimum absolute atomic E-state index is 0.402. The molecule has 0 fully saturated rings. The molecule has 0 saturated heterocycles. The fourth-order valence-corrected chi connectivity index (χ4v) is 1.62. The van der Waals surface area contributed by atoms with Crippen molar-refractivity contribution in [2.75, 3.05) is 5.32 Å². The van der Waals surface area contributed by atoms with Crippen molar-refractivity contribution in [3.63, 3.8) is 0 Å². The van der Waals surface area contributed by atoms with E-state index in [0.717, 1.165) is 15.7 Å². The van der Waals surface area contributed by atoms with Gasteiger partial charge in [0.25, 0.3) is 0 Å². The molecule has 0 radical (unpaired) electrons. The predicted octanol–water partition coefficient (Wildman–Crippen LogP) is 3.89. The SMILES string of the molecule is N=C(Nc1ccccc1)c1ccc(Br)cc1. The largest absolute Gasteiger partial charge is 0.340 e. The molecule has 0 spiro atoms. The van der Waals surface area contributed by atoms with Crippen LogP contribution in [0.15, 0.2) is 59.1 Å². The van der Waals surface area contributed by atoms with Crippen molar-refractivity contribution in [3.8, 4) is 0 Å². The smallest absolute Gasteiger partial charge is 0.129 e. The Hall–Kier alpha value is -1.61. The van der Waals surface area contributed by atoms with E-state index >= 15 is 0 Å². The fourth-order valence-electron chi connectivity index (χ4n) is 1.35. The van der Waals surface area contributed by atoms with Crippen LogP contribution in [0.5, 0.6) is 0 Å². The van der Waals surface area contributed by atoms with Gasteiger partial charge in [-0.3, -0.25) is 5.41 Å². The second-order valence-electron chi connectivity index (χ2n) is 3.37. The normalized spacial score (nSPS) is 9.81. The fraction of sp³-hybridized carbons (Fsp3) is 0. The van der Waals surface area contributed by atoms with Gasteiger partial charge in [0.2, 0.25) is 0 Å². The third kappa shape index (κ3) is 2.70. The van der Waals surface area contributed by atoms with Gasteiger partial charge in [-0.2, -0.15) is 0 Å². The summed E-state index contributed by atoms with van der Waals surface area (Å²) in [6.07, 6.45) is 0. The third-order valence-electron chi connectivity index (χ3n) is 2.18. The molecule has 0 aliphatic heterocycles. The highest BCUT2D eigenvalue weighted by Gasteiger charge is 2.00. The maximum absolute atomic E-state index is 7.91. The molecule has 0 heterocycles. The number of anilines is 1. The lowest BCUT2D eigenvalue weighted by atomic mass is 10.2. The Kier molecular flexibility index (Phi) is 3.37. The highest BCUT2D eigenvalue weighted by Crippen LogP contribution is 2.12. The number of nitrogens with one attached hydrogen (secondary N) is 2. The van der Waals surface area contributed by atoms with Crippen LogP contribution >= 0.6 is 15.9 Å². The van der Waals surface area contributed by atoms with Gasteiger partial charge in [0, 0.05) is 15.7 Å². The quantitative estimate of drug-likeness (QED) is 0.633. The Balaban J connectivity index is 2.12. The summed E-state index contributed by atoms with van der Waals surface area (Å²) in [4.78, 5) is 0. The molecule has 0 aliphatic carbocycles. The van der Waals surface area contributed by atoms with Gasteiger partial charge in [0.05, 0.1) is 0 Å². The molecule has 0 atom stereocenters. The van der Waals surface area contributed by atoms with Crippen LogP contribution < -0.4 is 5.32 Å². The monoisotopic (exact) mass is 274 g/mol. The number of benzene rings is 2. The minimum Gasteiger partial charge on any atom is -0.340 e. The zero-order valence-corrected chi connectivity index (χ0v) is 10.2. The van der Waals surface area contributed by atoms with Gasteiger partial charge in [-0.05, 0) is 24.3 Å². The zero-order valence-electron chi connectivity index (χ0n) is 8.57. The van der Waals surface area contributed by atoms with Crippen LogP contribution in [0.1, 0.15) is 5.56 Å². The molecule has 0 amide bonds. The minimum atomic E-state index is 0.402. The van der Waals surface area contributed by atoms with E-state index < -0.39 is 0 Å². The van der Waals surface area contributed by atoms with Crippen molar-refractivity contribution in [2.45, 2.75) is 0 Å². The summed E-state index contributed by atoms with van der Waals surface area (Å²) >= 11 is 3.37. The molecule has 80 valence electrons. The first-order chi connectivity index (χ1) is 7.75. The van der Waals surface area contributed by atoms with Crippen LogP contribution in [-0.2, 0) is 0 Å². The summed E-state index contributed by atoms with van der Waals surface area (Å²) in [5, 5.41) is 11.0. The average molecular weight is 275 g/mol. The second kappa shape index (κ2) is 4.94. The molecular weight excluding hydrogens is 264 g/mol. The van der Waals surface area contributed by atoms with Crippen molar-refractivity contribution in [1.29, 1.82) is 5.41 Å². The number of amidine groups is 1. The summed E-state index contributed by atoms with van der Waals surface area (Å²) in [6, 6.07) is 17.4. The zero-order chi connectivity index (χ0) is 11.4. The maximum Gasteiger partial charge on any atom is 0.129 e. The van der Waals surface area contributed by atoms with E-state index in [0.29, 0.717) is 5.84 Å². The standard InChI is InChI=1S/C13H11BrN2/c14-11-8-6-10(7-9-11)13(15)16-12-4-2-1-3-5-12/h1-9H,(H2,15,16). The van der Waals surface area contributed by atoms with Gasteiger partial charge >= 0.3 is 0 Å². The third-order valence-corrected chi connectivity index (χ3v) is 2.70. The molecular formula is C13H11BrN2. The first-order valence-corrected chi connectivity index (χ1v) is 5.71. The molecule has 0 aliphatic rings. The number of halogens is 1. The van der Waals surface area contributed by atoms with Crippen molar-refractivity contribution < 1.29 is 0 Å². The lowest BCUT2D eigenvalue weighted by Gasteiger charge is -2.07. The van der Waals surface area contributed by atoms with E-state index in [9.17, 15) is 0 Å². The lowest BCUT2D eigenvalue weighted by Crippen LogP contribution is -2.11. The molecule has 3 heteroatoms. The Labute approximate surface area is 103 Å². The number of hydrogen-bond acceptors (Lipinski definition) is 1. The summed E-state index contributed by atoms with van der Waals surface area (Å²) < 4.78 is 1.02. The van der Waals surface area contributed by atoms with Crippen molar-refractivity contribution in [1.82, 2.24) is 0 Å². The number of para-hydroxylation sites is 1. The molecule has 2 rings (SSSR count). The maximum atomic E-state index is 7.91. The molecule has 16 heavy (non-hydrogen) atoms. The molecule has 2 aromatic carbocycles. The van der Waals surface area contributed by atoms with Gasteiger partial charge in [-0.1, -0.05) is 46.3 Å². The Bertz CT molecular complexity index is 477. The van der Waals surface area contributed by atoms with E-state index in [4.69, 9.17) is 5.41 Å². The van der Waals surface area contributed by atoms with Crippen LogP contribution in [0.25, 0.3) is 0 Å². The average Bonchev–Trinajstić information content (AvgIpc) is 2.31. The van der Waals surface area contributed by atoms with Crippen molar-refractivity contribution >= 4 is 27.5 Å². The van der Waals surface area contributed by atoms with E-state index in [1.54, 1.807) is 0 Å². The Morgan fingerprint density at radius 2 is 1.56 bits per heavy atom. The first kappa shape index (κ1) is 10.9. The molecule has 2 aromatic rings. The van der Waals surface area contributed by atoms with Crippen LogP contribution in [0.3, 0.4) is 0 Å². The van der Waals surface area contributed by atoms with Gasteiger partial charge in [-0.25, -0.2) is 0 Å². The van der Waals surface area contributed by atoms with Crippen LogP contribution in [0, 0.1) is 5.41 Å². The van der Waals surface area contributed by atoms with Gasteiger partial charge in [-0.15, -0.1) is 0 Å².